The van der Waals surface area contributed by atoms with Crippen molar-refractivity contribution in [3.05, 3.63) is 65.2 Å². The van der Waals surface area contributed by atoms with Crippen LogP contribution >= 0.6 is 0 Å². The molecule has 35 heavy (non-hydrogen) atoms. The number of nitrogens with two attached hydrogens (primary N) is 1. The van der Waals surface area contributed by atoms with Gasteiger partial charge >= 0.3 is 12.0 Å². The Balaban J connectivity index is 1.73. The fourth-order valence-electron chi connectivity index (χ4n) is 3.80. The molecule has 5 N–H and O–H groups in total. The number of hydrazone groups is 1. The molecule has 2 aromatic carbocycles. The van der Waals surface area contributed by atoms with Crippen LogP contribution in [-0.2, 0) is 19.9 Å². The number of hydrogen-bond donors (Lipinski definition) is 4. The Morgan fingerprint density at radius 3 is 2.43 bits per heavy atom. The molecular weight excluding hydrogens is 454 g/mol. The number of carbonyl (C=O) groups excluding carboxylic acids is 3. The number of hydrogen-bond acceptors (Lipinski definition) is 7. The van der Waals surface area contributed by atoms with E-state index in [1.165, 1.54) is 6.21 Å². The summed E-state index contributed by atoms with van der Waals surface area (Å²) in [6.07, 6.45) is 1.06. The molecule has 1 fully saturated rings. The van der Waals surface area contributed by atoms with Crippen molar-refractivity contribution < 1.29 is 29.0 Å². The zero-order valence-corrected chi connectivity index (χ0v) is 19.4. The SMILES string of the molecule is CCOc1ccc(C(CC(=O)O)NC(=O)CN2C(=O)NC(C)(c3ccc(/C=N/N)cc3)C2=O)cc1. The number of nitrogens with one attached hydrogen (secondary N) is 2. The lowest BCUT2D eigenvalue weighted by Gasteiger charge is -2.23. The van der Waals surface area contributed by atoms with Crippen LogP contribution in [0.4, 0.5) is 4.79 Å². The smallest absolute Gasteiger partial charge is 0.325 e. The third kappa shape index (κ3) is 5.75. The minimum absolute atomic E-state index is 0.379. The molecule has 0 aliphatic carbocycles. The summed E-state index contributed by atoms with van der Waals surface area (Å²) < 4.78 is 5.39. The van der Waals surface area contributed by atoms with Gasteiger partial charge in [0, 0.05) is 0 Å². The van der Waals surface area contributed by atoms with E-state index in [2.05, 4.69) is 15.7 Å². The van der Waals surface area contributed by atoms with Crippen LogP contribution in [0.1, 0.15) is 43.0 Å². The molecule has 1 saturated heterocycles. The van der Waals surface area contributed by atoms with Crippen molar-refractivity contribution in [3.63, 3.8) is 0 Å². The van der Waals surface area contributed by atoms with Crippen LogP contribution in [0, 0.1) is 0 Å². The Hall–Kier alpha value is -4.41. The van der Waals surface area contributed by atoms with Gasteiger partial charge in [-0.15, -0.1) is 0 Å². The standard InChI is InChI=1S/C24H27N5O6/c1-3-35-18-10-6-16(7-11-18)19(12-21(31)32)27-20(30)14-29-22(33)24(2,28-23(29)34)17-8-4-15(5-9-17)13-26-25/h4-11,13,19H,3,12,14,25H2,1-2H3,(H,27,30)(H,28,34)(H,31,32)/b26-13+. The molecule has 0 spiro atoms. The van der Waals surface area contributed by atoms with Gasteiger partial charge in [0.2, 0.25) is 5.91 Å². The number of urea groups is 1. The highest BCUT2D eigenvalue weighted by Gasteiger charge is 2.49. The maximum atomic E-state index is 13.1. The van der Waals surface area contributed by atoms with Gasteiger partial charge in [-0.2, -0.15) is 5.10 Å². The number of ether oxygens (including phenoxy) is 1. The third-order valence-corrected chi connectivity index (χ3v) is 5.60. The lowest BCUT2D eigenvalue weighted by atomic mass is 9.91. The van der Waals surface area contributed by atoms with E-state index in [1.807, 2.05) is 6.92 Å². The molecule has 0 radical (unpaired) electrons. The van der Waals surface area contributed by atoms with Gasteiger partial charge in [-0.25, -0.2) is 4.79 Å². The Labute approximate surface area is 201 Å². The molecule has 1 aliphatic rings. The van der Waals surface area contributed by atoms with E-state index >= 15 is 0 Å². The Morgan fingerprint density at radius 1 is 1.20 bits per heavy atom. The number of carboxylic acid groups (broad SMARTS) is 1. The predicted octanol–water partition coefficient (Wildman–Crippen LogP) is 1.48. The van der Waals surface area contributed by atoms with Gasteiger partial charge in [0.15, 0.2) is 0 Å². The average Bonchev–Trinajstić information content (AvgIpc) is 3.03. The minimum Gasteiger partial charge on any atom is -0.494 e. The van der Waals surface area contributed by atoms with Crippen molar-refractivity contribution in [3.8, 4) is 5.75 Å². The molecule has 0 bridgehead atoms. The monoisotopic (exact) mass is 481 g/mol. The normalized spacial score (nSPS) is 18.4. The molecule has 2 unspecified atom stereocenters. The largest absolute Gasteiger partial charge is 0.494 e. The first-order valence-electron chi connectivity index (χ1n) is 10.9. The first-order valence-corrected chi connectivity index (χ1v) is 10.9. The molecule has 0 saturated carbocycles. The van der Waals surface area contributed by atoms with Gasteiger partial charge in [-0.05, 0) is 42.7 Å². The summed E-state index contributed by atoms with van der Waals surface area (Å²) in [6, 6.07) is 11.8. The van der Waals surface area contributed by atoms with Crippen LogP contribution < -0.4 is 21.2 Å². The Bertz CT molecular complexity index is 1130. The van der Waals surface area contributed by atoms with E-state index in [0.717, 1.165) is 4.90 Å². The molecule has 11 nitrogen and oxygen atoms in total. The first-order chi connectivity index (χ1) is 16.7. The van der Waals surface area contributed by atoms with Gasteiger partial charge < -0.3 is 26.3 Å². The van der Waals surface area contributed by atoms with Crippen molar-refractivity contribution in [2.45, 2.75) is 31.8 Å². The molecular formula is C24H27N5O6. The van der Waals surface area contributed by atoms with E-state index in [9.17, 15) is 24.3 Å². The number of carboxylic acids is 1. The third-order valence-electron chi connectivity index (χ3n) is 5.60. The van der Waals surface area contributed by atoms with Crippen LogP contribution in [-0.4, -0.2) is 53.2 Å². The lowest BCUT2D eigenvalue weighted by Crippen LogP contribution is -2.44. The molecule has 1 aliphatic heterocycles. The van der Waals surface area contributed by atoms with Crippen molar-refractivity contribution >= 4 is 30.0 Å². The van der Waals surface area contributed by atoms with E-state index in [1.54, 1.807) is 55.5 Å². The van der Waals surface area contributed by atoms with Crippen LogP contribution in [0.25, 0.3) is 0 Å². The van der Waals surface area contributed by atoms with Crippen LogP contribution in [0.2, 0.25) is 0 Å². The van der Waals surface area contributed by atoms with Crippen LogP contribution in [0.5, 0.6) is 5.75 Å². The fraction of sp³-hybridized carbons (Fsp3) is 0.292. The first kappa shape index (κ1) is 25.2. The van der Waals surface area contributed by atoms with E-state index in [-0.39, 0.29) is 6.42 Å². The highest BCUT2D eigenvalue weighted by molar-refractivity contribution is 6.09. The van der Waals surface area contributed by atoms with Crippen molar-refractivity contribution in [2.24, 2.45) is 10.9 Å². The highest BCUT2D eigenvalue weighted by atomic mass is 16.5. The zero-order valence-electron chi connectivity index (χ0n) is 19.4. The van der Waals surface area contributed by atoms with Gasteiger partial charge in [-0.3, -0.25) is 19.3 Å². The topological polar surface area (TPSA) is 163 Å². The number of benzene rings is 2. The quantitative estimate of drug-likeness (QED) is 0.173. The summed E-state index contributed by atoms with van der Waals surface area (Å²) in [5.74, 6) is 3.36. The second kappa shape index (κ2) is 10.7. The van der Waals surface area contributed by atoms with Crippen molar-refractivity contribution in [1.29, 1.82) is 0 Å². The summed E-state index contributed by atoms with van der Waals surface area (Å²) in [5.41, 5.74) is 0.413. The van der Waals surface area contributed by atoms with Gasteiger partial charge in [-0.1, -0.05) is 36.4 Å². The van der Waals surface area contributed by atoms with Crippen molar-refractivity contribution in [2.75, 3.05) is 13.2 Å². The lowest BCUT2D eigenvalue weighted by molar-refractivity contribution is -0.138. The van der Waals surface area contributed by atoms with Crippen LogP contribution in [0.3, 0.4) is 0 Å². The highest BCUT2D eigenvalue weighted by Crippen LogP contribution is 2.29. The maximum Gasteiger partial charge on any atom is 0.325 e. The number of imide groups is 1. The fourth-order valence-corrected chi connectivity index (χ4v) is 3.80. The molecule has 184 valence electrons. The molecule has 2 aromatic rings. The second-order valence-corrected chi connectivity index (χ2v) is 8.07. The van der Waals surface area contributed by atoms with Gasteiger partial charge in [0.25, 0.3) is 5.91 Å². The molecule has 1 heterocycles. The number of carbonyl (C=O) groups is 4. The summed E-state index contributed by atoms with van der Waals surface area (Å²) in [4.78, 5) is 50.6. The summed E-state index contributed by atoms with van der Waals surface area (Å²) in [7, 11) is 0. The van der Waals surface area contributed by atoms with E-state index < -0.39 is 41.9 Å². The molecule has 3 rings (SSSR count). The predicted molar refractivity (Wildman–Crippen MR) is 127 cm³/mol. The van der Waals surface area contributed by atoms with Crippen molar-refractivity contribution in [1.82, 2.24) is 15.5 Å². The van der Waals surface area contributed by atoms with Crippen LogP contribution in [0.15, 0.2) is 53.6 Å². The molecule has 11 heteroatoms. The number of nitrogens with zero attached hydrogens (tertiary/aromatic N) is 2. The summed E-state index contributed by atoms with van der Waals surface area (Å²) >= 11 is 0. The molecule has 0 aromatic heterocycles. The van der Waals surface area contributed by atoms with E-state index in [4.69, 9.17) is 10.6 Å². The summed E-state index contributed by atoms with van der Waals surface area (Å²) in [6.45, 7) is 3.30. The Morgan fingerprint density at radius 2 is 1.86 bits per heavy atom. The second-order valence-electron chi connectivity index (χ2n) is 8.07. The maximum absolute atomic E-state index is 13.1. The summed E-state index contributed by atoms with van der Waals surface area (Å²) in [5, 5.41) is 18.0. The molecule has 2 atom stereocenters. The number of rotatable bonds is 10. The number of amides is 4. The zero-order chi connectivity index (χ0) is 25.6. The average molecular weight is 482 g/mol. The van der Waals surface area contributed by atoms with Gasteiger partial charge in [0.1, 0.15) is 17.8 Å². The Kier molecular flexibility index (Phi) is 7.69. The minimum atomic E-state index is -1.37. The van der Waals surface area contributed by atoms with Gasteiger partial charge in [0.05, 0.1) is 25.3 Å². The van der Waals surface area contributed by atoms with E-state index in [0.29, 0.717) is 29.0 Å². The number of aliphatic carboxylic acids is 1. The molecule has 4 amide bonds.